The molecule has 1 nitrogen and oxygen atoms in total. The average molecular weight is 249 g/mol. The molecule has 1 heterocycles. The van der Waals surface area contributed by atoms with Crippen molar-refractivity contribution in [2.24, 2.45) is 0 Å². The van der Waals surface area contributed by atoms with E-state index in [1.807, 2.05) is 0 Å². The van der Waals surface area contributed by atoms with Gasteiger partial charge in [-0.05, 0) is 11.8 Å². The molecule has 0 aliphatic heterocycles. The van der Waals surface area contributed by atoms with Crippen LogP contribution in [0.4, 0.5) is 17.6 Å². The van der Waals surface area contributed by atoms with Crippen LogP contribution in [0.5, 0.6) is 0 Å². The van der Waals surface area contributed by atoms with Gasteiger partial charge in [0, 0.05) is 11.8 Å². The Bertz CT molecular complexity index is 408. The summed E-state index contributed by atoms with van der Waals surface area (Å²) in [5.74, 6) is -1.60. The van der Waals surface area contributed by atoms with Gasteiger partial charge in [-0.15, -0.1) is 0 Å². The maximum Gasteiger partial charge on any atom is 0.418 e. The highest BCUT2D eigenvalue weighted by Crippen LogP contribution is 2.37. The van der Waals surface area contributed by atoms with E-state index < -0.39 is 23.5 Å². The third kappa shape index (κ3) is 2.76. The van der Waals surface area contributed by atoms with Crippen LogP contribution in [-0.2, 0) is 6.18 Å². The van der Waals surface area contributed by atoms with Crippen LogP contribution in [0.15, 0.2) is 6.20 Å². The summed E-state index contributed by atoms with van der Waals surface area (Å²) in [6, 6.07) is 0. The van der Waals surface area contributed by atoms with Gasteiger partial charge < -0.3 is 0 Å². The van der Waals surface area contributed by atoms with Crippen LogP contribution in [0, 0.1) is 5.82 Å². The van der Waals surface area contributed by atoms with Gasteiger partial charge in [0.2, 0.25) is 0 Å². The maximum atomic E-state index is 14.0. The predicted molar refractivity (Wildman–Crippen MR) is 57.4 cm³/mol. The topological polar surface area (TPSA) is 12.9 Å². The minimum atomic E-state index is -4.57. The number of alkyl halides is 3. The molecule has 0 aromatic carbocycles. The van der Waals surface area contributed by atoms with Crippen LogP contribution in [0.3, 0.4) is 0 Å². The SMILES string of the molecule is CC(C)c1ncc(C(F)(F)F)c(C(C)C)c1F. The lowest BCUT2D eigenvalue weighted by molar-refractivity contribution is -0.138. The zero-order chi connectivity index (χ0) is 13.4. The standard InChI is InChI=1S/C12H15F4N/c1-6(2)9-8(12(14,15)16)5-17-11(7(3)4)10(9)13/h5-7H,1-4H3. The molecule has 0 aliphatic rings. The first-order valence-electron chi connectivity index (χ1n) is 5.41. The lowest BCUT2D eigenvalue weighted by atomic mass is 9.94. The second-order valence-electron chi connectivity index (χ2n) is 4.59. The average Bonchev–Trinajstić information content (AvgIpc) is 2.14. The van der Waals surface area contributed by atoms with Crippen LogP contribution >= 0.6 is 0 Å². The lowest BCUT2D eigenvalue weighted by Crippen LogP contribution is -2.15. The van der Waals surface area contributed by atoms with Crippen molar-refractivity contribution < 1.29 is 17.6 Å². The van der Waals surface area contributed by atoms with E-state index in [1.54, 1.807) is 13.8 Å². The molecule has 5 heteroatoms. The summed E-state index contributed by atoms with van der Waals surface area (Å²) in [5.41, 5.74) is -1.19. The Labute approximate surface area is 97.9 Å². The summed E-state index contributed by atoms with van der Waals surface area (Å²) < 4.78 is 52.1. The van der Waals surface area contributed by atoms with Crippen molar-refractivity contribution in [1.29, 1.82) is 0 Å². The van der Waals surface area contributed by atoms with Gasteiger partial charge in [-0.3, -0.25) is 4.98 Å². The first kappa shape index (κ1) is 13.9. The summed E-state index contributed by atoms with van der Waals surface area (Å²) in [5, 5.41) is 0. The molecule has 17 heavy (non-hydrogen) atoms. The lowest BCUT2D eigenvalue weighted by Gasteiger charge is -2.18. The number of rotatable bonds is 2. The van der Waals surface area contributed by atoms with E-state index in [0.29, 0.717) is 0 Å². The van der Waals surface area contributed by atoms with Crippen LogP contribution in [-0.4, -0.2) is 4.98 Å². The molecule has 0 N–H and O–H groups in total. The van der Waals surface area contributed by atoms with E-state index in [4.69, 9.17) is 0 Å². The van der Waals surface area contributed by atoms with Gasteiger partial charge in [0.25, 0.3) is 0 Å². The zero-order valence-electron chi connectivity index (χ0n) is 10.2. The van der Waals surface area contributed by atoms with E-state index in [-0.39, 0.29) is 17.2 Å². The normalized spacial score (nSPS) is 12.6. The molecule has 0 saturated heterocycles. The van der Waals surface area contributed by atoms with Gasteiger partial charge in [-0.2, -0.15) is 13.2 Å². The largest absolute Gasteiger partial charge is 0.418 e. The fraction of sp³-hybridized carbons (Fsp3) is 0.583. The Morgan fingerprint density at radius 1 is 1.06 bits per heavy atom. The minimum Gasteiger partial charge on any atom is -0.257 e. The number of pyridine rings is 1. The van der Waals surface area contributed by atoms with Crippen molar-refractivity contribution >= 4 is 0 Å². The van der Waals surface area contributed by atoms with Crippen LogP contribution in [0.25, 0.3) is 0 Å². The molecule has 0 amide bonds. The molecular formula is C12H15F4N. The monoisotopic (exact) mass is 249 g/mol. The Morgan fingerprint density at radius 2 is 1.59 bits per heavy atom. The summed E-state index contributed by atoms with van der Waals surface area (Å²) in [4.78, 5) is 3.59. The highest BCUT2D eigenvalue weighted by molar-refractivity contribution is 5.34. The molecule has 0 saturated carbocycles. The summed E-state index contributed by atoms with van der Waals surface area (Å²) >= 11 is 0. The van der Waals surface area contributed by atoms with Crippen LogP contribution in [0.2, 0.25) is 0 Å². The molecule has 1 aromatic rings. The Morgan fingerprint density at radius 3 is 1.94 bits per heavy atom. The number of hydrogen-bond acceptors (Lipinski definition) is 1. The number of aromatic nitrogens is 1. The van der Waals surface area contributed by atoms with Crippen molar-refractivity contribution in [3.05, 3.63) is 28.8 Å². The van der Waals surface area contributed by atoms with Crippen LogP contribution < -0.4 is 0 Å². The Kier molecular flexibility index (Phi) is 3.79. The highest BCUT2D eigenvalue weighted by atomic mass is 19.4. The van der Waals surface area contributed by atoms with Gasteiger partial charge in [0.1, 0.15) is 5.82 Å². The smallest absolute Gasteiger partial charge is 0.257 e. The van der Waals surface area contributed by atoms with E-state index in [2.05, 4.69) is 4.98 Å². The first-order valence-corrected chi connectivity index (χ1v) is 5.41. The summed E-state index contributed by atoms with van der Waals surface area (Å²) in [7, 11) is 0. The van der Waals surface area contributed by atoms with Crippen molar-refractivity contribution in [2.75, 3.05) is 0 Å². The molecule has 0 atom stereocenters. The van der Waals surface area contributed by atoms with Crippen molar-refractivity contribution in [1.82, 2.24) is 4.98 Å². The van der Waals surface area contributed by atoms with Crippen molar-refractivity contribution in [2.45, 2.75) is 45.7 Å². The third-order valence-electron chi connectivity index (χ3n) is 2.51. The van der Waals surface area contributed by atoms with Crippen molar-refractivity contribution in [3.63, 3.8) is 0 Å². The molecule has 0 unspecified atom stereocenters. The second kappa shape index (κ2) is 4.63. The van der Waals surface area contributed by atoms with Gasteiger partial charge in [-0.1, -0.05) is 27.7 Å². The second-order valence-corrected chi connectivity index (χ2v) is 4.59. The molecule has 0 aliphatic carbocycles. The number of hydrogen-bond donors (Lipinski definition) is 0. The Balaban J connectivity index is 3.51. The maximum absolute atomic E-state index is 14.0. The molecule has 1 rings (SSSR count). The van der Waals surface area contributed by atoms with Crippen molar-refractivity contribution in [3.8, 4) is 0 Å². The number of halogens is 4. The fourth-order valence-corrected chi connectivity index (χ4v) is 1.71. The van der Waals surface area contributed by atoms with Gasteiger partial charge in [-0.25, -0.2) is 4.39 Å². The minimum absolute atomic E-state index is 0.0849. The van der Waals surface area contributed by atoms with Gasteiger partial charge >= 0.3 is 6.18 Å². The first-order chi connectivity index (χ1) is 7.66. The van der Waals surface area contributed by atoms with Gasteiger partial charge in [0.05, 0.1) is 11.3 Å². The molecule has 96 valence electrons. The highest BCUT2D eigenvalue weighted by Gasteiger charge is 2.36. The summed E-state index contributed by atoms with van der Waals surface area (Å²) in [6.07, 6.45) is -3.84. The van der Waals surface area contributed by atoms with Gasteiger partial charge in [0.15, 0.2) is 0 Å². The predicted octanol–water partition coefficient (Wildman–Crippen LogP) is 4.49. The summed E-state index contributed by atoms with van der Waals surface area (Å²) in [6.45, 7) is 6.47. The molecule has 0 radical (unpaired) electrons. The number of nitrogens with zero attached hydrogens (tertiary/aromatic N) is 1. The van der Waals surface area contributed by atoms with E-state index in [1.165, 1.54) is 13.8 Å². The third-order valence-corrected chi connectivity index (χ3v) is 2.51. The molecule has 0 fully saturated rings. The molecule has 1 aromatic heterocycles. The Hall–Kier alpha value is -1.13. The quantitative estimate of drug-likeness (QED) is 0.704. The zero-order valence-corrected chi connectivity index (χ0v) is 10.2. The van der Waals surface area contributed by atoms with E-state index in [0.717, 1.165) is 6.20 Å². The van der Waals surface area contributed by atoms with E-state index in [9.17, 15) is 17.6 Å². The molecule has 0 bridgehead atoms. The fourth-order valence-electron chi connectivity index (χ4n) is 1.71. The molecular weight excluding hydrogens is 234 g/mol. The van der Waals surface area contributed by atoms with Crippen LogP contribution in [0.1, 0.15) is 56.4 Å². The van der Waals surface area contributed by atoms with E-state index >= 15 is 0 Å². The molecule has 0 spiro atoms.